The zero-order chi connectivity index (χ0) is 13.8. The average Bonchev–Trinajstić information content (AvgIpc) is 2.37. The maximum absolute atomic E-state index is 13.3. The van der Waals surface area contributed by atoms with Crippen LogP contribution in [0, 0.1) is 15.9 Å². The van der Waals surface area contributed by atoms with Gasteiger partial charge in [-0.15, -0.1) is 0 Å². The second-order valence-corrected chi connectivity index (χ2v) is 3.83. The van der Waals surface area contributed by atoms with E-state index in [0.717, 1.165) is 17.7 Å². The summed E-state index contributed by atoms with van der Waals surface area (Å²) in [6.07, 6.45) is 0. The van der Waals surface area contributed by atoms with Gasteiger partial charge in [0.1, 0.15) is 18.1 Å². The molecular formula is C13H10FNO4. The lowest BCUT2D eigenvalue weighted by atomic mass is 10.2. The van der Waals surface area contributed by atoms with E-state index in [2.05, 4.69) is 0 Å². The number of rotatable bonds is 4. The molecule has 0 amide bonds. The van der Waals surface area contributed by atoms with Crippen molar-refractivity contribution in [1.82, 2.24) is 0 Å². The van der Waals surface area contributed by atoms with Gasteiger partial charge in [-0.1, -0.05) is 12.1 Å². The molecule has 2 rings (SSSR count). The third-order valence-corrected chi connectivity index (χ3v) is 2.46. The van der Waals surface area contributed by atoms with Gasteiger partial charge in [-0.3, -0.25) is 10.1 Å². The monoisotopic (exact) mass is 263 g/mol. The predicted molar refractivity (Wildman–Crippen MR) is 65.5 cm³/mol. The summed E-state index contributed by atoms with van der Waals surface area (Å²) in [5, 5.41) is 19.6. The summed E-state index contributed by atoms with van der Waals surface area (Å²) in [4.78, 5) is 9.65. The van der Waals surface area contributed by atoms with Crippen molar-refractivity contribution < 1.29 is 19.2 Å². The number of halogens is 1. The molecule has 0 spiro atoms. The maximum atomic E-state index is 13.3. The van der Waals surface area contributed by atoms with Crippen LogP contribution in [0.4, 0.5) is 10.1 Å². The summed E-state index contributed by atoms with van der Waals surface area (Å²) >= 11 is 0. The van der Waals surface area contributed by atoms with Crippen LogP contribution in [0.5, 0.6) is 11.5 Å². The Hall–Kier alpha value is -2.63. The molecule has 2 aromatic rings. The fraction of sp³-hybridized carbons (Fsp3) is 0.0769. The Kier molecular flexibility index (Phi) is 3.61. The van der Waals surface area contributed by atoms with Crippen LogP contribution in [0.3, 0.4) is 0 Å². The number of ether oxygens (including phenoxy) is 1. The number of nitrogens with zero attached hydrogens (tertiary/aromatic N) is 1. The highest BCUT2D eigenvalue weighted by Crippen LogP contribution is 2.23. The van der Waals surface area contributed by atoms with Gasteiger partial charge in [-0.25, -0.2) is 0 Å². The largest absolute Gasteiger partial charge is 0.508 e. The standard InChI is InChI=1S/C13H10FNO4/c14-12-7-11(5-6-13(12)15(17)18)19-8-9-1-3-10(16)4-2-9/h1-7,16H,8H2. The molecule has 0 aliphatic carbocycles. The Morgan fingerprint density at radius 1 is 1.21 bits per heavy atom. The Bertz CT molecular complexity index is 598. The highest BCUT2D eigenvalue weighted by molar-refractivity contribution is 5.38. The van der Waals surface area contributed by atoms with Crippen LogP contribution in [0.2, 0.25) is 0 Å². The quantitative estimate of drug-likeness (QED) is 0.679. The van der Waals surface area contributed by atoms with Gasteiger partial charge in [0.05, 0.1) is 4.92 Å². The normalized spacial score (nSPS) is 10.2. The summed E-state index contributed by atoms with van der Waals surface area (Å²) in [5.74, 6) is -0.588. The topological polar surface area (TPSA) is 72.6 Å². The second kappa shape index (κ2) is 5.34. The lowest BCUT2D eigenvalue weighted by molar-refractivity contribution is -0.387. The van der Waals surface area contributed by atoms with Crippen LogP contribution < -0.4 is 4.74 Å². The van der Waals surface area contributed by atoms with Crippen molar-refractivity contribution in [2.24, 2.45) is 0 Å². The summed E-state index contributed by atoms with van der Waals surface area (Å²) in [5.41, 5.74) is 0.202. The van der Waals surface area contributed by atoms with Crippen LogP contribution in [0.1, 0.15) is 5.56 Å². The summed E-state index contributed by atoms with van der Waals surface area (Å²) in [7, 11) is 0. The lowest BCUT2D eigenvalue weighted by Crippen LogP contribution is -1.97. The van der Waals surface area contributed by atoms with Crippen molar-refractivity contribution in [3.63, 3.8) is 0 Å². The molecule has 0 saturated carbocycles. The van der Waals surface area contributed by atoms with Crippen LogP contribution >= 0.6 is 0 Å². The van der Waals surface area contributed by atoms with Gasteiger partial charge in [0.2, 0.25) is 5.82 Å². The summed E-state index contributed by atoms with van der Waals surface area (Å²) in [6, 6.07) is 9.71. The fourth-order valence-corrected chi connectivity index (χ4v) is 1.48. The number of hydrogen-bond acceptors (Lipinski definition) is 4. The average molecular weight is 263 g/mol. The van der Waals surface area contributed by atoms with Gasteiger partial charge in [0, 0.05) is 12.1 Å². The third kappa shape index (κ3) is 3.19. The van der Waals surface area contributed by atoms with E-state index in [1.54, 1.807) is 12.1 Å². The zero-order valence-electron chi connectivity index (χ0n) is 9.75. The van der Waals surface area contributed by atoms with E-state index < -0.39 is 16.4 Å². The summed E-state index contributed by atoms with van der Waals surface area (Å²) < 4.78 is 18.6. The van der Waals surface area contributed by atoms with Crippen molar-refractivity contribution in [3.05, 3.63) is 64.0 Å². The van der Waals surface area contributed by atoms with Gasteiger partial charge in [0.25, 0.3) is 0 Å². The highest BCUT2D eigenvalue weighted by atomic mass is 19.1. The first kappa shape index (κ1) is 12.8. The van der Waals surface area contributed by atoms with E-state index in [9.17, 15) is 14.5 Å². The van der Waals surface area contributed by atoms with Gasteiger partial charge in [0.15, 0.2) is 0 Å². The molecule has 0 unspecified atom stereocenters. The molecule has 2 aromatic carbocycles. The molecule has 0 aliphatic rings. The van der Waals surface area contributed by atoms with E-state index in [1.165, 1.54) is 18.2 Å². The number of phenols is 1. The van der Waals surface area contributed by atoms with Crippen molar-refractivity contribution in [3.8, 4) is 11.5 Å². The molecule has 0 aliphatic heterocycles. The molecule has 98 valence electrons. The molecule has 0 heterocycles. The number of hydrogen-bond donors (Lipinski definition) is 1. The number of aromatic hydroxyl groups is 1. The van der Waals surface area contributed by atoms with Gasteiger partial charge < -0.3 is 9.84 Å². The smallest absolute Gasteiger partial charge is 0.305 e. The predicted octanol–water partition coefficient (Wildman–Crippen LogP) is 3.02. The maximum Gasteiger partial charge on any atom is 0.305 e. The van der Waals surface area contributed by atoms with Crippen molar-refractivity contribution in [2.45, 2.75) is 6.61 Å². The zero-order valence-corrected chi connectivity index (χ0v) is 9.75. The minimum atomic E-state index is -0.937. The molecule has 0 radical (unpaired) electrons. The molecule has 19 heavy (non-hydrogen) atoms. The molecule has 0 bridgehead atoms. The van der Waals surface area contributed by atoms with Crippen molar-refractivity contribution in [1.29, 1.82) is 0 Å². The second-order valence-electron chi connectivity index (χ2n) is 3.83. The van der Waals surface area contributed by atoms with E-state index >= 15 is 0 Å². The lowest BCUT2D eigenvalue weighted by Gasteiger charge is -2.06. The van der Waals surface area contributed by atoms with Crippen LogP contribution in [0.15, 0.2) is 42.5 Å². The molecule has 0 fully saturated rings. The molecule has 6 heteroatoms. The number of benzene rings is 2. The fourth-order valence-electron chi connectivity index (χ4n) is 1.48. The SMILES string of the molecule is O=[N+]([O-])c1ccc(OCc2ccc(O)cc2)cc1F. The van der Waals surface area contributed by atoms with E-state index in [0.29, 0.717) is 0 Å². The van der Waals surface area contributed by atoms with Gasteiger partial charge in [-0.05, 0) is 23.8 Å². The van der Waals surface area contributed by atoms with Crippen LogP contribution in [-0.4, -0.2) is 10.0 Å². The number of phenolic OH excluding ortho intramolecular Hbond substituents is 1. The van der Waals surface area contributed by atoms with E-state index in [1.807, 2.05) is 0 Å². The Labute approximate surface area is 108 Å². The van der Waals surface area contributed by atoms with Crippen molar-refractivity contribution in [2.75, 3.05) is 0 Å². The molecule has 0 atom stereocenters. The Morgan fingerprint density at radius 3 is 2.47 bits per heavy atom. The van der Waals surface area contributed by atoms with Crippen LogP contribution in [-0.2, 0) is 6.61 Å². The first-order valence-corrected chi connectivity index (χ1v) is 5.41. The Balaban J connectivity index is 2.06. The first-order chi connectivity index (χ1) is 9.06. The van der Waals surface area contributed by atoms with Crippen molar-refractivity contribution >= 4 is 5.69 Å². The highest BCUT2D eigenvalue weighted by Gasteiger charge is 2.14. The number of nitro groups is 1. The minimum Gasteiger partial charge on any atom is -0.508 e. The Morgan fingerprint density at radius 2 is 1.89 bits per heavy atom. The third-order valence-electron chi connectivity index (χ3n) is 2.46. The summed E-state index contributed by atoms with van der Waals surface area (Å²) in [6.45, 7) is 0.178. The molecular weight excluding hydrogens is 253 g/mol. The molecule has 5 nitrogen and oxygen atoms in total. The van der Waals surface area contributed by atoms with Gasteiger partial charge >= 0.3 is 5.69 Å². The molecule has 0 saturated heterocycles. The number of nitro benzene ring substituents is 1. The van der Waals surface area contributed by atoms with Crippen LogP contribution in [0.25, 0.3) is 0 Å². The first-order valence-electron chi connectivity index (χ1n) is 5.41. The minimum absolute atomic E-state index is 0.144. The van der Waals surface area contributed by atoms with E-state index in [-0.39, 0.29) is 18.1 Å². The van der Waals surface area contributed by atoms with E-state index in [4.69, 9.17) is 9.84 Å². The molecule has 0 aromatic heterocycles. The molecule has 1 N–H and O–H groups in total. The van der Waals surface area contributed by atoms with Gasteiger partial charge in [-0.2, -0.15) is 4.39 Å².